The molecule has 138 valence electrons. The van der Waals surface area contributed by atoms with E-state index in [1.54, 1.807) is 0 Å². The van der Waals surface area contributed by atoms with E-state index < -0.39 is 0 Å². The van der Waals surface area contributed by atoms with Gasteiger partial charge in [-0.2, -0.15) is 5.10 Å². The standard InChI is InChI=1S/C19H29N5.HI/c1-5-17-16(18(6-2)24(4)23-17)14-22-19(20-7-3)21-13-15-11-9-8-10-12-15;/h8-12H,5-7,13-14H2,1-4H3,(H2,20,21,22);1H. The molecule has 0 saturated heterocycles. The molecule has 0 amide bonds. The van der Waals surface area contributed by atoms with Crippen LogP contribution in [-0.4, -0.2) is 22.3 Å². The quantitative estimate of drug-likeness (QED) is 0.382. The number of nitrogens with zero attached hydrogens (tertiary/aromatic N) is 3. The fraction of sp³-hybridized carbons (Fsp3) is 0.474. The van der Waals surface area contributed by atoms with Gasteiger partial charge in [0.05, 0.1) is 12.2 Å². The van der Waals surface area contributed by atoms with Gasteiger partial charge in [0, 0.05) is 31.4 Å². The lowest BCUT2D eigenvalue weighted by Crippen LogP contribution is -2.37. The Bertz CT molecular complexity index is 664. The summed E-state index contributed by atoms with van der Waals surface area (Å²) in [6.45, 7) is 8.67. The van der Waals surface area contributed by atoms with Gasteiger partial charge < -0.3 is 10.6 Å². The van der Waals surface area contributed by atoms with Crippen molar-refractivity contribution in [2.45, 2.75) is 46.7 Å². The molecular formula is C19H30IN5. The van der Waals surface area contributed by atoms with Gasteiger partial charge in [-0.15, -0.1) is 24.0 Å². The number of hydrogen-bond donors (Lipinski definition) is 2. The first-order valence-corrected chi connectivity index (χ1v) is 8.79. The summed E-state index contributed by atoms with van der Waals surface area (Å²) in [6.07, 6.45) is 1.93. The molecule has 0 aliphatic heterocycles. The molecule has 0 aliphatic carbocycles. The third kappa shape index (κ3) is 6.02. The van der Waals surface area contributed by atoms with Crippen molar-refractivity contribution in [2.24, 2.45) is 12.0 Å². The zero-order valence-electron chi connectivity index (χ0n) is 15.7. The SMILES string of the molecule is CCNC(=NCc1ccccc1)NCc1c(CC)nn(C)c1CC.I. The second-order valence-electron chi connectivity index (χ2n) is 5.74. The first kappa shape index (κ1) is 21.5. The van der Waals surface area contributed by atoms with Gasteiger partial charge >= 0.3 is 0 Å². The fourth-order valence-electron chi connectivity index (χ4n) is 2.86. The number of benzene rings is 1. The molecule has 25 heavy (non-hydrogen) atoms. The highest BCUT2D eigenvalue weighted by Gasteiger charge is 2.13. The normalized spacial score (nSPS) is 11.1. The van der Waals surface area contributed by atoms with Crippen molar-refractivity contribution >= 4 is 29.9 Å². The highest BCUT2D eigenvalue weighted by molar-refractivity contribution is 14.0. The molecule has 1 aromatic heterocycles. The summed E-state index contributed by atoms with van der Waals surface area (Å²) < 4.78 is 2.00. The molecule has 5 nitrogen and oxygen atoms in total. The van der Waals surface area contributed by atoms with Gasteiger partial charge in [-0.25, -0.2) is 4.99 Å². The van der Waals surface area contributed by atoms with E-state index in [1.807, 2.05) is 29.9 Å². The predicted octanol–water partition coefficient (Wildman–Crippen LogP) is 3.42. The topological polar surface area (TPSA) is 54.2 Å². The van der Waals surface area contributed by atoms with Crippen LogP contribution in [0.25, 0.3) is 0 Å². The summed E-state index contributed by atoms with van der Waals surface area (Å²) in [6, 6.07) is 10.3. The molecule has 6 heteroatoms. The maximum Gasteiger partial charge on any atom is 0.191 e. The maximum absolute atomic E-state index is 4.68. The van der Waals surface area contributed by atoms with Crippen LogP contribution in [0.4, 0.5) is 0 Å². The summed E-state index contributed by atoms with van der Waals surface area (Å²) >= 11 is 0. The number of rotatable bonds is 7. The fourth-order valence-corrected chi connectivity index (χ4v) is 2.86. The minimum atomic E-state index is 0. The summed E-state index contributed by atoms with van der Waals surface area (Å²) in [5.74, 6) is 0.842. The van der Waals surface area contributed by atoms with Crippen LogP contribution in [-0.2, 0) is 33.0 Å². The Morgan fingerprint density at radius 2 is 1.80 bits per heavy atom. The Morgan fingerprint density at radius 1 is 1.08 bits per heavy atom. The van der Waals surface area contributed by atoms with Crippen molar-refractivity contribution in [3.8, 4) is 0 Å². The Kier molecular flexibility index (Phi) is 9.55. The molecule has 0 unspecified atom stereocenters. The van der Waals surface area contributed by atoms with Crippen LogP contribution >= 0.6 is 24.0 Å². The van der Waals surface area contributed by atoms with Crippen molar-refractivity contribution in [2.75, 3.05) is 6.54 Å². The summed E-state index contributed by atoms with van der Waals surface area (Å²) in [5, 5.41) is 11.4. The molecule has 2 N–H and O–H groups in total. The van der Waals surface area contributed by atoms with E-state index in [0.717, 1.165) is 31.9 Å². The van der Waals surface area contributed by atoms with Gasteiger partial charge in [0.25, 0.3) is 0 Å². The molecular weight excluding hydrogens is 425 g/mol. The largest absolute Gasteiger partial charge is 0.357 e. The number of aryl methyl sites for hydroxylation is 2. The number of guanidine groups is 1. The van der Waals surface area contributed by atoms with E-state index in [4.69, 9.17) is 0 Å². The molecule has 0 atom stereocenters. The zero-order chi connectivity index (χ0) is 17.4. The molecule has 0 fully saturated rings. The van der Waals surface area contributed by atoms with E-state index in [2.05, 4.69) is 53.6 Å². The van der Waals surface area contributed by atoms with Crippen molar-refractivity contribution in [3.63, 3.8) is 0 Å². The van der Waals surface area contributed by atoms with Gasteiger partial charge in [-0.1, -0.05) is 44.2 Å². The molecule has 2 rings (SSSR count). The van der Waals surface area contributed by atoms with Crippen LogP contribution in [0, 0.1) is 0 Å². The van der Waals surface area contributed by atoms with E-state index in [1.165, 1.54) is 22.5 Å². The molecule has 0 spiro atoms. The van der Waals surface area contributed by atoms with Crippen LogP contribution in [0.3, 0.4) is 0 Å². The van der Waals surface area contributed by atoms with Crippen LogP contribution < -0.4 is 10.6 Å². The van der Waals surface area contributed by atoms with Gasteiger partial charge in [0.1, 0.15) is 0 Å². The highest BCUT2D eigenvalue weighted by atomic mass is 127. The van der Waals surface area contributed by atoms with Crippen molar-refractivity contribution in [1.82, 2.24) is 20.4 Å². The smallest absolute Gasteiger partial charge is 0.191 e. The molecule has 1 aromatic carbocycles. The van der Waals surface area contributed by atoms with Crippen LogP contribution in [0.2, 0.25) is 0 Å². The molecule has 1 heterocycles. The number of halogens is 1. The number of hydrogen-bond acceptors (Lipinski definition) is 2. The molecule has 0 radical (unpaired) electrons. The highest BCUT2D eigenvalue weighted by Crippen LogP contribution is 2.15. The molecule has 0 bridgehead atoms. The van der Waals surface area contributed by atoms with Crippen molar-refractivity contribution in [1.29, 1.82) is 0 Å². The summed E-state index contributed by atoms with van der Waals surface area (Å²) in [4.78, 5) is 4.68. The second-order valence-corrected chi connectivity index (χ2v) is 5.74. The van der Waals surface area contributed by atoms with Gasteiger partial charge in [-0.3, -0.25) is 4.68 Å². The van der Waals surface area contributed by atoms with Crippen LogP contribution in [0.1, 0.15) is 43.3 Å². The van der Waals surface area contributed by atoms with E-state index in [0.29, 0.717) is 6.54 Å². The van der Waals surface area contributed by atoms with Gasteiger partial charge in [0.15, 0.2) is 5.96 Å². The first-order chi connectivity index (χ1) is 11.7. The van der Waals surface area contributed by atoms with Crippen LogP contribution in [0.15, 0.2) is 35.3 Å². The minimum Gasteiger partial charge on any atom is -0.357 e. The van der Waals surface area contributed by atoms with Crippen molar-refractivity contribution in [3.05, 3.63) is 52.8 Å². The summed E-state index contributed by atoms with van der Waals surface area (Å²) in [7, 11) is 2.02. The molecule has 0 saturated carbocycles. The lowest BCUT2D eigenvalue weighted by atomic mass is 10.1. The second kappa shape index (κ2) is 11.1. The van der Waals surface area contributed by atoms with E-state index in [9.17, 15) is 0 Å². The number of aromatic nitrogens is 2. The van der Waals surface area contributed by atoms with E-state index in [-0.39, 0.29) is 24.0 Å². The first-order valence-electron chi connectivity index (χ1n) is 8.79. The lowest BCUT2D eigenvalue weighted by Gasteiger charge is -2.12. The molecule has 0 aliphatic rings. The van der Waals surface area contributed by atoms with Gasteiger partial charge in [0.2, 0.25) is 0 Å². The number of nitrogens with one attached hydrogen (secondary N) is 2. The average Bonchev–Trinajstić information content (AvgIpc) is 2.93. The Balaban J connectivity index is 0.00000312. The Labute approximate surface area is 168 Å². The van der Waals surface area contributed by atoms with Crippen molar-refractivity contribution < 1.29 is 0 Å². The Morgan fingerprint density at radius 3 is 2.40 bits per heavy atom. The monoisotopic (exact) mass is 455 g/mol. The third-order valence-electron chi connectivity index (χ3n) is 4.07. The lowest BCUT2D eigenvalue weighted by molar-refractivity contribution is 0.702. The zero-order valence-corrected chi connectivity index (χ0v) is 18.0. The third-order valence-corrected chi connectivity index (χ3v) is 4.07. The maximum atomic E-state index is 4.68. The number of aliphatic imine (C=N–C) groups is 1. The molecule has 2 aromatic rings. The summed E-state index contributed by atoms with van der Waals surface area (Å²) in [5.41, 5.74) is 4.96. The minimum absolute atomic E-state index is 0. The van der Waals surface area contributed by atoms with E-state index >= 15 is 0 Å². The van der Waals surface area contributed by atoms with Crippen LogP contribution in [0.5, 0.6) is 0 Å². The average molecular weight is 455 g/mol. The Hall–Kier alpha value is -1.57. The predicted molar refractivity (Wildman–Crippen MR) is 115 cm³/mol. The van der Waals surface area contributed by atoms with Gasteiger partial charge in [-0.05, 0) is 25.3 Å².